The molecule has 0 unspecified atom stereocenters. The first-order valence-electron chi connectivity index (χ1n) is 9.56. The summed E-state index contributed by atoms with van der Waals surface area (Å²) in [6.07, 6.45) is -3.31. The summed E-state index contributed by atoms with van der Waals surface area (Å²) in [6.45, 7) is 3.01. The number of hydrogen-bond donors (Lipinski definition) is 2. The molecule has 8 heteroatoms. The van der Waals surface area contributed by atoms with Gasteiger partial charge in [-0.2, -0.15) is 28.6 Å². The molecule has 2 N–H and O–H groups in total. The van der Waals surface area contributed by atoms with E-state index < -0.39 is 11.7 Å². The molecule has 29 heavy (non-hydrogen) atoms. The molecule has 1 aromatic heterocycles. The number of alkyl halides is 3. The Morgan fingerprint density at radius 2 is 1.79 bits per heavy atom. The number of hydrogen-bond acceptors (Lipinski definition) is 4. The van der Waals surface area contributed by atoms with Crippen LogP contribution in [0.15, 0.2) is 54.6 Å². The number of nitrogens with one attached hydrogen (secondary N) is 2. The van der Waals surface area contributed by atoms with Crippen LogP contribution in [0.5, 0.6) is 0 Å². The van der Waals surface area contributed by atoms with Gasteiger partial charge < -0.3 is 5.32 Å². The molecule has 3 aromatic rings. The number of benzene rings is 2. The second-order valence-electron chi connectivity index (χ2n) is 7.28. The standard InChI is InChI=1S/C21H22F3N5/c22-21(23,24)17-8-6-15(7-9-17)13-29-11-10-18(14-29)25-12-19-20(27-28-26-19)16-4-2-1-3-5-16/h1-9,18,25H,10-14H2,(H,26,27,28)/t18-/m0/s1. The Balaban J connectivity index is 1.30. The van der Waals surface area contributed by atoms with E-state index in [0.29, 0.717) is 19.1 Å². The molecule has 5 nitrogen and oxygen atoms in total. The van der Waals surface area contributed by atoms with E-state index in [1.165, 1.54) is 0 Å². The van der Waals surface area contributed by atoms with Crippen LogP contribution in [-0.2, 0) is 19.3 Å². The van der Waals surface area contributed by atoms with Crippen LogP contribution in [0, 0.1) is 0 Å². The second kappa shape index (κ2) is 8.34. The summed E-state index contributed by atoms with van der Waals surface area (Å²) < 4.78 is 38.0. The van der Waals surface area contributed by atoms with Crippen molar-refractivity contribution >= 4 is 0 Å². The van der Waals surface area contributed by atoms with Crippen molar-refractivity contribution in [1.29, 1.82) is 0 Å². The lowest BCUT2D eigenvalue weighted by Crippen LogP contribution is -2.32. The lowest BCUT2D eigenvalue weighted by atomic mass is 10.1. The van der Waals surface area contributed by atoms with Crippen LogP contribution in [-0.4, -0.2) is 39.4 Å². The average Bonchev–Trinajstić information content (AvgIpc) is 3.36. The summed E-state index contributed by atoms with van der Waals surface area (Å²) in [6, 6.07) is 15.6. The summed E-state index contributed by atoms with van der Waals surface area (Å²) >= 11 is 0. The van der Waals surface area contributed by atoms with Crippen molar-refractivity contribution in [1.82, 2.24) is 25.6 Å². The summed E-state index contributed by atoms with van der Waals surface area (Å²) in [4.78, 5) is 2.25. The van der Waals surface area contributed by atoms with Gasteiger partial charge in [-0.05, 0) is 24.1 Å². The van der Waals surface area contributed by atoms with Crippen LogP contribution in [0.2, 0.25) is 0 Å². The number of aromatic amines is 1. The molecule has 1 saturated heterocycles. The number of halogens is 3. The van der Waals surface area contributed by atoms with E-state index in [4.69, 9.17) is 0 Å². The van der Waals surface area contributed by atoms with Crippen molar-refractivity contribution < 1.29 is 13.2 Å². The molecule has 152 valence electrons. The van der Waals surface area contributed by atoms with Gasteiger partial charge >= 0.3 is 6.18 Å². The summed E-state index contributed by atoms with van der Waals surface area (Å²) in [5.74, 6) is 0. The van der Waals surface area contributed by atoms with Gasteiger partial charge in [0.05, 0.1) is 5.56 Å². The zero-order chi connectivity index (χ0) is 20.3. The molecule has 1 aliphatic rings. The normalized spacial score (nSPS) is 17.7. The fourth-order valence-corrected chi connectivity index (χ4v) is 3.64. The first-order chi connectivity index (χ1) is 14.0. The Labute approximate surface area is 166 Å². The van der Waals surface area contributed by atoms with E-state index >= 15 is 0 Å². The average molecular weight is 401 g/mol. The summed E-state index contributed by atoms with van der Waals surface area (Å²) in [5.41, 5.74) is 3.02. The fourth-order valence-electron chi connectivity index (χ4n) is 3.64. The second-order valence-corrected chi connectivity index (χ2v) is 7.28. The van der Waals surface area contributed by atoms with Gasteiger partial charge in [-0.3, -0.25) is 4.90 Å². The molecule has 0 aliphatic carbocycles. The van der Waals surface area contributed by atoms with Gasteiger partial charge in [0.15, 0.2) is 0 Å². The van der Waals surface area contributed by atoms with Crippen LogP contribution in [0.1, 0.15) is 23.2 Å². The van der Waals surface area contributed by atoms with Crippen LogP contribution in [0.4, 0.5) is 13.2 Å². The van der Waals surface area contributed by atoms with E-state index in [2.05, 4.69) is 25.6 Å². The molecule has 4 rings (SSSR count). The highest BCUT2D eigenvalue weighted by atomic mass is 19.4. The molecule has 0 bridgehead atoms. The maximum atomic E-state index is 12.7. The number of H-pyrrole nitrogens is 1. The molecule has 1 fully saturated rings. The zero-order valence-corrected chi connectivity index (χ0v) is 15.8. The Hall–Kier alpha value is -2.71. The van der Waals surface area contributed by atoms with Gasteiger partial charge in [-0.25, -0.2) is 0 Å². The highest BCUT2D eigenvalue weighted by Crippen LogP contribution is 2.29. The first kappa shape index (κ1) is 19.6. The Morgan fingerprint density at radius 1 is 1.03 bits per heavy atom. The van der Waals surface area contributed by atoms with E-state index in [0.717, 1.165) is 54.2 Å². The van der Waals surface area contributed by atoms with E-state index in [-0.39, 0.29) is 0 Å². The molecule has 0 saturated carbocycles. The molecular formula is C21H22F3N5. The van der Waals surface area contributed by atoms with Crippen molar-refractivity contribution in [2.75, 3.05) is 13.1 Å². The Bertz CT molecular complexity index is 921. The molecule has 1 aliphatic heterocycles. The molecule has 0 spiro atoms. The van der Waals surface area contributed by atoms with Crippen LogP contribution < -0.4 is 5.32 Å². The third-order valence-electron chi connectivity index (χ3n) is 5.19. The van der Waals surface area contributed by atoms with Gasteiger partial charge in [-0.1, -0.05) is 42.5 Å². The number of rotatable bonds is 6. The molecule has 0 radical (unpaired) electrons. The summed E-state index contributed by atoms with van der Waals surface area (Å²) in [7, 11) is 0. The highest BCUT2D eigenvalue weighted by Gasteiger charge is 2.30. The maximum absolute atomic E-state index is 12.7. The van der Waals surface area contributed by atoms with Crippen LogP contribution >= 0.6 is 0 Å². The predicted octanol–water partition coefficient (Wildman–Crippen LogP) is 3.85. The topological polar surface area (TPSA) is 56.8 Å². The smallest absolute Gasteiger partial charge is 0.307 e. The maximum Gasteiger partial charge on any atom is 0.416 e. The van der Waals surface area contributed by atoms with Crippen molar-refractivity contribution in [3.8, 4) is 11.3 Å². The third-order valence-corrected chi connectivity index (χ3v) is 5.19. The van der Waals surface area contributed by atoms with E-state index in [9.17, 15) is 13.2 Å². The SMILES string of the molecule is FC(F)(F)c1ccc(CN2CC[C@H](NCc3n[nH]nc3-c3ccccc3)C2)cc1. The van der Waals surface area contributed by atoms with Gasteiger partial charge in [0.1, 0.15) is 11.4 Å². The monoisotopic (exact) mass is 401 g/mol. The van der Waals surface area contributed by atoms with Gasteiger partial charge in [0, 0.05) is 37.8 Å². The molecule has 1 atom stereocenters. The van der Waals surface area contributed by atoms with Crippen molar-refractivity contribution in [3.63, 3.8) is 0 Å². The number of aromatic nitrogens is 3. The van der Waals surface area contributed by atoms with Crippen molar-refractivity contribution in [2.24, 2.45) is 0 Å². The third kappa shape index (κ3) is 4.83. The zero-order valence-electron chi connectivity index (χ0n) is 15.8. The summed E-state index contributed by atoms with van der Waals surface area (Å²) in [5, 5.41) is 14.7. The van der Waals surface area contributed by atoms with Gasteiger partial charge in [-0.15, -0.1) is 0 Å². The first-order valence-corrected chi connectivity index (χ1v) is 9.56. The minimum atomic E-state index is -4.29. The van der Waals surface area contributed by atoms with Gasteiger partial charge in [0.2, 0.25) is 0 Å². The minimum absolute atomic E-state index is 0.310. The molecular weight excluding hydrogens is 379 g/mol. The highest BCUT2D eigenvalue weighted by molar-refractivity contribution is 5.60. The number of likely N-dealkylation sites (tertiary alicyclic amines) is 1. The molecule has 2 aromatic carbocycles. The van der Waals surface area contributed by atoms with Crippen molar-refractivity contribution in [2.45, 2.75) is 31.7 Å². The number of nitrogens with zero attached hydrogens (tertiary/aromatic N) is 3. The van der Waals surface area contributed by atoms with E-state index in [1.807, 2.05) is 30.3 Å². The lowest BCUT2D eigenvalue weighted by molar-refractivity contribution is -0.137. The Morgan fingerprint density at radius 3 is 2.52 bits per heavy atom. The predicted molar refractivity (Wildman–Crippen MR) is 104 cm³/mol. The quantitative estimate of drug-likeness (QED) is 0.659. The van der Waals surface area contributed by atoms with Crippen LogP contribution in [0.25, 0.3) is 11.3 Å². The largest absolute Gasteiger partial charge is 0.416 e. The fraction of sp³-hybridized carbons (Fsp3) is 0.333. The van der Waals surface area contributed by atoms with E-state index in [1.54, 1.807) is 12.1 Å². The minimum Gasteiger partial charge on any atom is -0.307 e. The van der Waals surface area contributed by atoms with Gasteiger partial charge in [0.25, 0.3) is 0 Å². The lowest BCUT2D eigenvalue weighted by Gasteiger charge is -2.17. The molecule has 0 amide bonds. The van der Waals surface area contributed by atoms with Crippen molar-refractivity contribution in [3.05, 3.63) is 71.4 Å². The Kier molecular flexibility index (Phi) is 5.64. The molecule has 2 heterocycles. The van der Waals surface area contributed by atoms with Crippen LogP contribution in [0.3, 0.4) is 0 Å².